The van der Waals surface area contributed by atoms with Crippen LogP contribution in [-0.4, -0.2) is 81.8 Å². The number of nitrogens with one attached hydrogen (secondary N) is 1. The summed E-state index contributed by atoms with van der Waals surface area (Å²) in [5.41, 5.74) is 17.7. The van der Waals surface area contributed by atoms with Crippen molar-refractivity contribution >= 4 is 23.6 Å². The molecule has 440 valence electrons. The number of benzene rings is 6. The van der Waals surface area contributed by atoms with Crippen LogP contribution in [0.4, 0.5) is 11.6 Å². The number of carboxylic acids is 2. The average Bonchev–Trinajstić information content (AvgIpc) is 3.10. The zero-order chi connectivity index (χ0) is 59.9. The number of fused-ring (bicyclic) bond motifs is 4. The minimum absolute atomic E-state index is 0.157. The standard InChI is InChI=1S/C35H36N2O5.C28H30N2O5.C7H9N/c1-21(2)37(19-22-7-5-4-6-8-22)30-14-13-28-31(24-10-9-23-15-16-42-29(23)18-24)33(35(39)40)32(34(28)36-30)27-12-11-26(41-3)17-25(27)20-38;1-15(2)29-23-9-8-21-24(17-5-4-16-10-11-35-22(16)13-17)26(28(32)33)25(27(21)30-23)20-7-6-19(34-3)12-18(20)14-31;8-6-7-4-2-1-3-5-7/h4-14,17-18,21,31-33,38H,15-16,19-20H2,1-3H3,(H,39,40);4-9,12-13,15,24-26,31H,10-11,14H2,1-3H3,(H,29,30)(H,32,33);1-5H,6,8H2/t31-,32-,33+;24-,25-,26+;/m00./s1. The van der Waals surface area contributed by atoms with Gasteiger partial charge in [-0.25, -0.2) is 9.97 Å². The molecule has 8 aromatic rings. The summed E-state index contributed by atoms with van der Waals surface area (Å²) in [7, 11) is 3.15. The quantitative estimate of drug-likeness (QED) is 0.0499. The number of nitrogens with two attached hydrogens (primary N) is 1. The molecule has 12 rings (SSSR count). The van der Waals surface area contributed by atoms with Crippen molar-refractivity contribution in [2.75, 3.05) is 37.7 Å². The third-order valence-electron chi connectivity index (χ3n) is 16.7. The zero-order valence-electron chi connectivity index (χ0n) is 48.9. The van der Waals surface area contributed by atoms with E-state index in [4.69, 9.17) is 34.6 Å². The molecule has 0 bridgehead atoms. The molecule has 0 radical (unpaired) electrons. The summed E-state index contributed by atoms with van der Waals surface area (Å²) in [6.07, 6.45) is 1.71. The number of anilines is 2. The number of hydrogen-bond acceptors (Lipinski definition) is 13. The Kier molecular flexibility index (Phi) is 18.5. The molecule has 0 unspecified atom stereocenters. The van der Waals surface area contributed by atoms with E-state index in [-0.39, 0.29) is 25.3 Å². The normalized spacial score (nSPS) is 18.5. The summed E-state index contributed by atoms with van der Waals surface area (Å²) in [5.74, 6) is -1.05. The predicted octanol–water partition coefficient (Wildman–Crippen LogP) is 11.4. The molecular weight excluding hydrogens is 1070 g/mol. The number of carbonyl (C=O) groups is 2. The van der Waals surface area contributed by atoms with Crippen LogP contribution in [-0.2, 0) is 48.7 Å². The summed E-state index contributed by atoms with van der Waals surface area (Å²) >= 11 is 0. The van der Waals surface area contributed by atoms with Gasteiger partial charge in [0.25, 0.3) is 0 Å². The van der Waals surface area contributed by atoms with E-state index in [1.807, 2.05) is 129 Å². The van der Waals surface area contributed by atoms with Gasteiger partial charge in [0.2, 0.25) is 0 Å². The number of pyridine rings is 2. The highest BCUT2D eigenvalue weighted by Gasteiger charge is 2.50. The van der Waals surface area contributed by atoms with E-state index in [9.17, 15) is 30.0 Å². The molecule has 4 heterocycles. The van der Waals surface area contributed by atoms with Gasteiger partial charge in [-0.05, 0) is 143 Å². The van der Waals surface area contributed by atoms with Crippen molar-refractivity contribution in [1.82, 2.24) is 9.97 Å². The molecule has 2 aliphatic carbocycles. The van der Waals surface area contributed by atoms with Crippen LogP contribution in [0.1, 0.15) is 130 Å². The molecule has 0 spiro atoms. The third kappa shape index (κ3) is 12.6. The first-order valence-electron chi connectivity index (χ1n) is 29.1. The molecule has 6 aromatic carbocycles. The van der Waals surface area contributed by atoms with E-state index < -0.39 is 47.4 Å². The molecule has 0 fully saturated rings. The Morgan fingerprint density at radius 2 is 1.06 bits per heavy atom. The Morgan fingerprint density at radius 1 is 0.588 bits per heavy atom. The fourth-order valence-electron chi connectivity index (χ4n) is 12.6. The van der Waals surface area contributed by atoms with Crippen LogP contribution in [0.2, 0.25) is 0 Å². The second-order valence-electron chi connectivity index (χ2n) is 22.5. The number of aromatic nitrogens is 2. The molecule has 0 amide bonds. The number of rotatable bonds is 17. The lowest BCUT2D eigenvalue weighted by Gasteiger charge is -2.29. The number of aliphatic hydroxyl groups is 2. The Labute approximate surface area is 497 Å². The number of methoxy groups -OCH3 is 2. The lowest BCUT2D eigenvalue weighted by atomic mass is 9.78. The van der Waals surface area contributed by atoms with Gasteiger partial charge in [-0.15, -0.1) is 0 Å². The average molecular weight is 1150 g/mol. The van der Waals surface area contributed by atoms with Crippen molar-refractivity contribution in [2.24, 2.45) is 17.6 Å². The highest BCUT2D eigenvalue weighted by molar-refractivity contribution is 5.79. The van der Waals surface area contributed by atoms with Gasteiger partial charge in [-0.3, -0.25) is 9.59 Å². The van der Waals surface area contributed by atoms with E-state index in [2.05, 4.69) is 48.3 Å². The largest absolute Gasteiger partial charge is 0.497 e. The van der Waals surface area contributed by atoms with Gasteiger partial charge in [0.05, 0.1) is 63.9 Å². The highest BCUT2D eigenvalue weighted by Crippen LogP contribution is 2.56. The van der Waals surface area contributed by atoms with Crippen molar-refractivity contribution in [3.8, 4) is 23.0 Å². The molecule has 15 heteroatoms. The predicted molar refractivity (Wildman–Crippen MR) is 328 cm³/mol. The first-order chi connectivity index (χ1) is 41.2. The maximum absolute atomic E-state index is 13.2. The van der Waals surface area contributed by atoms with E-state index in [1.54, 1.807) is 32.4 Å². The Hall–Kier alpha value is -8.76. The Morgan fingerprint density at radius 3 is 1.49 bits per heavy atom. The summed E-state index contributed by atoms with van der Waals surface area (Å²) in [6.45, 7) is 10.5. The fraction of sp³-hybridized carbons (Fsp3) is 0.314. The Bertz CT molecular complexity index is 3650. The van der Waals surface area contributed by atoms with Gasteiger partial charge in [-0.2, -0.15) is 0 Å². The van der Waals surface area contributed by atoms with Crippen LogP contribution in [0.3, 0.4) is 0 Å². The fourth-order valence-corrected chi connectivity index (χ4v) is 12.6. The second kappa shape index (κ2) is 26.4. The van der Waals surface area contributed by atoms with Gasteiger partial charge in [0, 0.05) is 61.7 Å². The van der Waals surface area contributed by atoms with Crippen LogP contribution in [0, 0.1) is 11.8 Å². The number of ether oxygens (including phenoxy) is 4. The molecule has 7 N–H and O–H groups in total. The first kappa shape index (κ1) is 59.4. The van der Waals surface area contributed by atoms with Gasteiger partial charge in [-0.1, -0.05) is 109 Å². The van der Waals surface area contributed by atoms with E-state index in [1.165, 1.54) is 11.1 Å². The van der Waals surface area contributed by atoms with Gasteiger partial charge < -0.3 is 55.3 Å². The van der Waals surface area contributed by atoms with Crippen molar-refractivity contribution in [1.29, 1.82) is 0 Å². The van der Waals surface area contributed by atoms with Crippen molar-refractivity contribution < 1.29 is 49.0 Å². The number of nitrogens with zero attached hydrogens (tertiary/aromatic N) is 3. The Balaban J connectivity index is 0.000000169. The number of carboxylic acid groups (broad SMARTS) is 2. The van der Waals surface area contributed by atoms with Crippen LogP contribution >= 0.6 is 0 Å². The molecule has 15 nitrogen and oxygen atoms in total. The van der Waals surface area contributed by atoms with Crippen LogP contribution in [0.15, 0.2) is 158 Å². The van der Waals surface area contributed by atoms with E-state index >= 15 is 0 Å². The topological polar surface area (TPSA) is 219 Å². The summed E-state index contributed by atoms with van der Waals surface area (Å²) in [6, 6.07) is 51.6. The molecule has 4 aliphatic rings. The maximum Gasteiger partial charge on any atom is 0.308 e. The van der Waals surface area contributed by atoms with Gasteiger partial charge in [0.1, 0.15) is 34.6 Å². The molecule has 0 saturated carbocycles. The minimum Gasteiger partial charge on any atom is -0.497 e. The smallest absolute Gasteiger partial charge is 0.308 e. The van der Waals surface area contributed by atoms with Crippen molar-refractivity contribution in [3.63, 3.8) is 0 Å². The van der Waals surface area contributed by atoms with Gasteiger partial charge in [0.15, 0.2) is 0 Å². The molecule has 0 saturated heterocycles. The molecule has 2 aliphatic heterocycles. The van der Waals surface area contributed by atoms with Crippen LogP contribution in [0.5, 0.6) is 23.0 Å². The molecule has 6 atom stereocenters. The summed E-state index contributed by atoms with van der Waals surface area (Å²) < 4.78 is 22.4. The number of hydrogen-bond donors (Lipinski definition) is 6. The molecular formula is C70H75N5O10. The monoisotopic (exact) mass is 1150 g/mol. The summed E-state index contributed by atoms with van der Waals surface area (Å²) in [5, 5.41) is 45.3. The lowest BCUT2D eigenvalue weighted by molar-refractivity contribution is -0.143. The van der Waals surface area contributed by atoms with E-state index in [0.29, 0.717) is 60.4 Å². The van der Waals surface area contributed by atoms with Crippen molar-refractivity contribution in [2.45, 2.75) is 103 Å². The van der Waals surface area contributed by atoms with Crippen LogP contribution in [0.25, 0.3) is 0 Å². The molecule has 2 aromatic heterocycles. The van der Waals surface area contributed by atoms with E-state index in [0.717, 1.165) is 80.4 Å². The molecule has 85 heavy (non-hydrogen) atoms. The maximum atomic E-state index is 13.2. The first-order valence-corrected chi connectivity index (χ1v) is 29.1. The van der Waals surface area contributed by atoms with Crippen molar-refractivity contribution in [3.05, 3.63) is 236 Å². The SMILES string of the molecule is COc1ccc([C@@H]2c3nc(N(Cc4ccccc4)C(C)C)ccc3[C@H](c3ccc4c(c3)OCC4)[C@H]2C(=O)O)c(CO)c1.COc1ccc([C@@H]2c3nc(NC(C)C)ccc3[C@H](c3ccc4c(c3)OCC4)[C@H]2C(=O)O)c(CO)c1.NCc1ccccc1. The minimum atomic E-state index is -0.907. The second-order valence-corrected chi connectivity index (χ2v) is 22.5. The summed E-state index contributed by atoms with van der Waals surface area (Å²) in [4.78, 5) is 38.5. The zero-order valence-corrected chi connectivity index (χ0v) is 48.9. The van der Waals surface area contributed by atoms with Gasteiger partial charge >= 0.3 is 11.9 Å². The number of aliphatic hydroxyl groups excluding tert-OH is 2. The number of aliphatic carboxylic acids is 2. The van der Waals surface area contributed by atoms with Crippen LogP contribution < -0.4 is 34.9 Å². The lowest BCUT2D eigenvalue weighted by Crippen LogP contribution is -2.31. The third-order valence-corrected chi connectivity index (χ3v) is 16.7. The highest BCUT2D eigenvalue weighted by atomic mass is 16.5.